The number of hydrogen-bond acceptors (Lipinski definition) is 2. The predicted octanol–water partition coefficient (Wildman–Crippen LogP) is 4.04. The summed E-state index contributed by atoms with van der Waals surface area (Å²) >= 11 is 0. The van der Waals surface area contributed by atoms with E-state index in [1.807, 2.05) is 4.90 Å². The number of piperidine rings is 1. The third kappa shape index (κ3) is 3.78. The Balaban J connectivity index is 1.57. The third-order valence-corrected chi connectivity index (χ3v) is 4.41. The van der Waals surface area contributed by atoms with E-state index in [0.29, 0.717) is 30.0 Å². The van der Waals surface area contributed by atoms with Gasteiger partial charge >= 0.3 is 0 Å². The summed E-state index contributed by atoms with van der Waals surface area (Å²) in [5.74, 6) is -0.728. The second kappa shape index (κ2) is 6.94. The average Bonchev–Trinajstić information content (AvgIpc) is 3.08. The summed E-state index contributed by atoms with van der Waals surface area (Å²) in [6.45, 7) is 1.41. The van der Waals surface area contributed by atoms with Crippen LogP contribution in [0.5, 0.6) is 0 Å². The lowest BCUT2D eigenvalue weighted by molar-refractivity contribution is 0.0667. The van der Waals surface area contributed by atoms with Crippen molar-refractivity contribution in [3.05, 3.63) is 59.6 Å². The summed E-state index contributed by atoms with van der Waals surface area (Å²) in [6.07, 6.45) is 6.27. The van der Waals surface area contributed by atoms with Crippen molar-refractivity contribution in [3.8, 4) is 0 Å². The molecule has 1 aliphatic heterocycles. The van der Waals surface area contributed by atoms with Gasteiger partial charge in [-0.25, -0.2) is 8.78 Å². The van der Waals surface area contributed by atoms with Crippen LogP contribution >= 0.6 is 0 Å². The smallest absolute Gasteiger partial charge is 0.257 e. The van der Waals surface area contributed by atoms with E-state index in [0.717, 1.165) is 31.9 Å². The van der Waals surface area contributed by atoms with Crippen LogP contribution in [0.2, 0.25) is 0 Å². The van der Waals surface area contributed by atoms with Gasteiger partial charge in [0, 0.05) is 19.2 Å². The second-order valence-electron chi connectivity index (χ2n) is 6.05. The Labute approximate surface area is 133 Å². The first-order valence-electron chi connectivity index (χ1n) is 7.89. The number of hydrogen-bond donors (Lipinski definition) is 0. The Hall–Kier alpha value is -2.17. The third-order valence-electron chi connectivity index (χ3n) is 4.41. The molecule has 5 heteroatoms. The largest absolute Gasteiger partial charge is 0.472 e. The molecule has 0 radical (unpaired) electrons. The van der Waals surface area contributed by atoms with E-state index in [-0.39, 0.29) is 5.91 Å². The highest BCUT2D eigenvalue weighted by atomic mass is 19.1. The minimum absolute atomic E-state index is 0.0172. The Bertz CT molecular complexity index is 670. The van der Waals surface area contributed by atoms with E-state index in [4.69, 9.17) is 4.42 Å². The Morgan fingerprint density at radius 2 is 2.17 bits per heavy atom. The molecule has 0 bridgehead atoms. The number of benzene rings is 1. The van der Waals surface area contributed by atoms with Gasteiger partial charge in [-0.1, -0.05) is 6.07 Å². The second-order valence-corrected chi connectivity index (χ2v) is 6.05. The monoisotopic (exact) mass is 319 g/mol. The lowest BCUT2D eigenvalue weighted by Crippen LogP contribution is -2.39. The molecule has 0 saturated carbocycles. The maximum absolute atomic E-state index is 13.7. The lowest BCUT2D eigenvalue weighted by Gasteiger charge is -2.32. The van der Waals surface area contributed by atoms with E-state index < -0.39 is 11.6 Å². The zero-order valence-corrected chi connectivity index (χ0v) is 12.8. The van der Waals surface area contributed by atoms with E-state index in [1.165, 1.54) is 24.7 Å². The van der Waals surface area contributed by atoms with Crippen molar-refractivity contribution in [3.63, 3.8) is 0 Å². The quantitative estimate of drug-likeness (QED) is 0.852. The molecular weight excluding hydrogens is 300 g/mol. The summed E-state index contributed by atoms with van der Waals surface area (Å²) in [4.78, 5) is 14.2. The van der Waals surface area contributed by atoms with Crippen LogP contribution in [-0.2, 0) is 6.42 Å². The van der Waals surface area contributed by atoms with Crippen molar-refractivity contribution in [2.45, 2.75) is 25.7 Å². The molecule has 1 aliphatic rings. The molecule has 1 aromatic heterocycles. The Kier molecular flexibility index (Phi) is 4.74. The molecule has 2 aromatic rings. The van der Waals surface area contributed by atoms with E-state index in [9.17, 15) is 13.6 Å². The molecule has 1 aromatic carbocycles. The molecule has 1 saturated heterocycles. The number of furan rings is 1. The summed E-state index contributed by atoms with van der Waals surface area (Å²) in [6, 6.07) is 5.38. The highest BCUT2D eigenvalue weighted by Crippen LogP contribution is 2.24. The van der Waals surface area contributed by atoms with Crippen molar-refractivity contribution in [2.75, 3.05) is 13.1 Å². The summed E-state index contributed by atoms with van der Waals surface area (Å²) < 4.78 is 31.6. The number of rotatable bonds is 4. The van der Waals surface area contributed by atoms with E-state index in [1.54, 1.807) is 6.07 Å². The minimum atomic E-state index is -0.555. The summed E-state index contributed by atoms with van der Waals surface area (Å²) in [5.41, 5.74) is 1.10. The first-order chi connectivity index (χ1) is 11.1. The highest BCUT2D eigenvalue weighted by molar-refractivity contribution is 5.93. The van der Waals surface area contributed by atoms with Gasteiger partial charge in [-0.3, -0.25) is 4.79 Å². The van der Waals surface area contributed by atoms with Crippen LogP contribution in [0.1, 0.15) is 35.2 Å². The molecule has 2 heterocycles. The van der Waals surface area contributed by atoms with Gasteiger partial charge in [0.05, 0.1) is 11.8 Å². The first kappa shape index (κ1) is 15.7. The molecule has 0 aliphatic carbocycles. The van der Waals surface area contributed by atoms with E-state index in [2.05, 4.69) is 0 Å². The molecule has 3 rings (SSSR count). The van der Waals surface area contributed by atoms with Gasteiger partial charge in [0.2, 0.25) is 0 Å². The van der Waals surface area contributed by atoms with Crippen LogP contribution < -0.4 is 0 Å². The topological polar surface area (TPSA) is 33.5 Å². The van der Waals surface area contributed by atoms with Gasteiger partial charge in [0.15, 0.2) is 0 Å². The molecule has 0 unspecified atom stereocenters. The normalized spacial score (nSPS) is 18.2. The van der Waals surface area contributed by atoms with Gasteiger partial charge in [0.1, 0.15) is 17.9 Å². The molecule has 0 N–H and O–H groups in total. The fourth-order valence-electron chi connectivity index (χ4n) is 3.14. The molecule has 3 nitrogen and oxygen atoms in total. The van der Waals surface area contributed by atoms with Crippen molar-refractivity contribution < 1.29 is 18.0 Å². The number of aryl methyl sites for hydroxylation is 1. The number of likely N-dealkylation sites (tertiary alicyclic amines) is 1. The molecule has 23 heavy (non-hydrogen) atoms. The average molecular weight is 319 g/mol. The van der Waals surface area contributed by atoms with E-state index >= 15 is 0 Å². The van der Waals surface area contributed by atoms with Crippen LogP contribution in [0.4, 0.5) is 8.78 Å². The predicted molar refractivity (Wildman–Crippen MR) is 82.0 cm³/mol. The van der Waals surface area contributed by atoms with Gasteiger partial charge < -0.3 is 9.32 Å². The van der Waals surface area contributed by atoms with Crippen molar-refractivity contribution in [2.24, 2.45) is 5.92 Å². The molecule has 1 atom stereocenters. The Morgan fingerprint density at radius 1 is 1.30 bits per heavy atom. The highest BCUT2D eigenvalue weighted by Gasteiger charge is 2.25. The number of carbonyl (C=O) groups is 1. The fraction of sp³-hybridized carbons (Fsp3) is 0.389. The summed E-state index contributed by atoms with van der Waals surface area (Å²) in [7, 11) is 0. The Morgan fingerprint density at radius 3 is 2.91 bits per heavy atom. The van der Waals surface area contributed by atoms with Crippen molar-refractivity contribution in [1.82, 2.24) is 4.90 Å². The van der Waals surface area contributed by atoms with Crippen LogP contribution in [0, 0.1) is 17.6 Å². The standard InChI is InChI=1S/C18H19F2NO2/c19-16-6-5-14(17(20)10-16)4-3-13-2-1-8-21(11-13)18(22)15-7-9-23-12-15/h5-7,9-10,12-13H,1-4,8,11H2/t13-/m1/s1. The zero-order chi connectivity index (χ0) is 16.2. The van der Waals surface area contributed by atoms with Crippen LogP contribution in [0.3, 0.4) is 0 Å². The fourth-order valence-corrected chi connectivity index (χ4v) is 3.14. The number of halogens is 2. The zero-order valence-electron chi connectivity index (χ0n) is 12.8. The van der Waals surface area contributed by atoms with Crippen LogP contribution in [0.15, 0.2) is 41.2 Å². The molecule has 122 valence electrons. The summed E-state index contributed by atoms with van der Waals surface area (Å²) in [5, 5.41) is 0. The van der Waals surface area contributed by atoms with Crippen LogP contribution in [-0.4, -0.2) is 23.9 Å². The molecular formula is C18H19F2NO2. The van der Waals surface area contributed by atoms with Crippen LogP contribution in [0.25, 0.3) is 0 Å². The minimum Gasteiger partial charge on any atom is -0.472 e. The SMILES string of the molecule is O=C(c1ccoc1)N1CCC[C@H](CCc2ccc(F)cc2F)C1. The maximum Gasteiger partial charge on any atom is 0.257 e. The van der Waals surface area contributed by atoms with Crippen molar-refractivity contribution >= 4 is 5.91 Å². The number of nitrogens with zero attached hydrogens (tertiary/aromatic N) is 1. The van der Waals surface area contributed by atoms with Gasteiger partial charge in [-0.05, 0) is 49.3 Å². The number of amides is 1. The molecule has 1 fully saturated rings. The lowest BCUT2D eigenvalue weighted by atomic mass is 9.91. The number of carbonyl (C=O) groups excluding carboxylic acids is 1. The first-order valence-corrected chi connectivity index (χ1v) is 7.89. The molecule has 0 spiro atoms. The van der Waals surface area contributed by atoms with Gasteiger partial charge in [0.25, 0.3) is 5.91 Å². The molecule has 1 amide bonds. The van der Waals surface area contributed by atoms with Crippen molar-refractivity contribution in [1.29, 1.82) is 0 Å². The van der Waals surface area contributed by atoms with Gasteiger partial charge in [-0.2, -0.15) is 0 Å². The maximum atomic E-state index is 13.7. The van der Waals surface area contributed by atoms with Gasteiger partial charge in [-0.15, -0.1) is 0 Å².